The number of nitrogens with two attached hydrogens (primary N) is 2. The molecule has 9 nitrogen and oxygen atoms in total. The fourth-order valence-electron chi connectivity index (χ4n) is 3.93. The van der Waals surface area contributed by atoms with E-state index in [1.807, 2.05) is 0 Å². The van der Waals surface area contributed by atoms with E-state index in [0.717, 1.165) is 23.8 Å². The van der Waals surface area contributed by atoms with Gasteiger partial charge in [-0.05, 0) is 60.3 Å². The van der Waals surface area contributed by atoms with Gasteiger partial charge in [0.25, 0.3) is 11.8 Å². The van der Waals surface area contributed by atoms with Crippen molar-refractivity contribution in [2.24, 2.45) is 5.73 Å². The fourth-order valence-corrected chi connectivity index (χ4v) is 4.80. The van der Waals surface area contributed by atoms with Crippen LogP contribution in [0.25, 0.3) is 0 Å². The number of primary amides is 1. The van der Waals surface area contributed by atoms with E-state index in [9.17, 15) is 18.8 Å². The zero-order valence-corrected chi connectivity index (χ0v) is 20.5. The van der Waals surface area contributed by atoms with Crippen molar-refractivity contribution < 1.29 is 23.5 Å². The van der Waals surface area contributed by atoms with Crippen molar-refractivity contribution >= 4 is 52.2 Å². The third-order valence-corrected chi connectivity index (χ3v) is 6.78. The van der Waals surface area contributed by atoms with Gasteiger partial charge in [-0.1, -0.05) is 29.8 Å². The van der Waals surface area contributed by atoms with Crippen molar-refractivity contribution in [2.75, 3.05) is 23.8 Å². The molecule has 12 heteroatoms. The topological polar surface area (TPSA) is 141 Å². The SMILES string of the molecule is NC(=O)c1nsc(C(=O)N(c2cccc(F)c2)[C@@H](C(=O)NC[C@@H]2CCCO2)c2ccc(Cl)cc2)c1N. The molecule has 0 aliphatic carbocycles. The predicted molar refractivity (Wildman–Crippen MR) is 134 cm³/mol. The molecule has 2 aromatic carbocycles. The van der Waals surface area contributed by atoms with Crippen LogP contribution in [0.15, 0.2) is 48.5 Å². The Morgan fingerprint density at radius 2 is 2.00 bits per heavy atom. The van der Waals surface area contributed by atoms with Gasteiger partial charge in [-0.25, -0.2) is 4.39 Å². The van der Waals surface area contributed by atoms with E-state index in [4.69, 9.17) is 27.8 Å². The summed E-state index contributed by atoms with van der Waals surface area (Å²) in [7, 11) is 0. The summed E-state index contributed by atoms with van der Waals surface area (Å²) in [6, 6.07) is 10.4. The molecule has 3 aromatic rings. The Morgan fingerprint density at radius 1 is 1.25 bits per heavy atom. The number of rotatable bonds is 8. The predicted octanol–water partition coefficient (Wildman–Crippen LogP) is 3.30. The maximum Gasteiger partial charge on any atom is 0.273 e. The Bertz CT molecular complexity index is 1280. The van der Waals surface area contributed by atoms with Gasteiger partial charge < -0.3 is 21.5 Å². The standard InChI is InChI=1S/C24H23ClFN5O4S/c25-14-8-6-13(7-9-14)20(23(33)29-12-17-5-2-10-35-17)31(16-4-1-3-15(26)11-16)24(34)21-18(27)19(22(28)32)30-36-21/h1,3-4,6-9,11,17,20H,2,5,10,12,27H2,(H2,28,32)(H,29,33)/t17-,20+/m0/s1. The average molecular weight is 532 g/mol. The van der Waals surface area contributed by atoms with Gasteiger partial charge in [0.05, 0.1) is 11.8 Å². The molecule has 2 heterocycles. The summed E-state index contributed by atoms with van der Waals surface area (Å²) in [5.74, 6) is -2.79. The maximum atomic E-state index is 14.3. The zero-order valence-electron chi connectivity index (χ0n) is 18.9. The molecular weight excluding hydrogens is 509 g/mol. The van der Waals surface area contributed by atoms with Crippen LogP contribution in [0.3, 0.4) is 0 Å². The number of aromatic nitrogens is 1. The third kappa shape index (κ3) is 5.48. The number of carbonyl (C=O) groups excluding carboxylic acids is 3. The molecule has 1 aliphatic heterocycles. The molecule has 1 aliphatic rings. The summed E-state index contributed by atoms with van der Waals surface area (Å²) in [6.07, 6.45) is 1.54. The molecule has 4 rings (SSSR count). The summed E-state index contributed by atoms with van der Waals surface area (Å²) in [6.45, 7) is 0.852. The summed E-state index contributed by atoms with van der Waals surface area (Å²) in [4.78, 5) is 40.2. The van der Waals surface area contributed by atoms with Gasteiger partial charge in [-0.3, -0.25) is 19.3 Å². The van der Waals surface area contributed by atoms with E-state index in [1.54, 1.807) is 24.3 Å². The molecule has 188 valence electrons. The van der Waals surface area contributed by atoms with Crippen LogP contribution in [0, 0.1) is 5.82 Å². The molecule has 0 saturated carbocycles. The Kier molecular flexibility index (Phi) is 7.82. The molecule has 0 radical (unpaired) electrons. The lowest BCUT2D eigenvalue weighted by atomic mass is 10.0. The van der Waals surface area contributed by atoms with Crippen molar-refractivity contribution in [3.8, 4) is 0 Å². The second-order valence-electron chi connectivity index (χ2n) is 8.13. The summed E-state index contributed by atoms with van der Waals surface area (Å²) >= 11 is 6.72. The molecule has 5 N–H and O–H groups in total. The van der Waals surface area contributed by atoms with Crippen LogP contribution >= 0.6 is 23.1 Å². The van der Waals surface area contributed by atoms with Crippen LogP contribution in [0.4, 0.5) is 15.8 Å². The quantitative estimate of drug-likeness (QED) is 0.407. The highest BCUT2D eigenvalue weighted by Gasteiger charge is 2.36. The number of carbonyl (C=O) groups is 3. The third-order valence-electron chi connectivity index (χ3n) is 5.68. The molecular formula is C24H23ClFN5O4S. The molecule has 2 atom stereocenters. The summed E-state index contributed by atoms with van der Waals surface area (Å²) < 4.78 is 23.8. The smallest absolute Gasteiger partial charge is 0.273 e. The minimum absolute atomic E-state index is 0.0978. The number of nitrogens with one attached hydrogen (secondary N) is 1. The van der Waals surface area contributed by atoms with E-state index in [0.29, 0.717) is 28.7 Å². The monoisotopic (exact) mass is 531 g/mol. The first-order chi connectivity index (χ1) is 17.3. The summed E-state index contributed by atoms with van der Waals surface area (Å²) in [5.41, 5.74) is 11.4. The van der Waals surface area contributed by atoms with Crippen molar-refractivity contribution in [1.29, 1.82) is 0 Å². The molecule has 1 fully saturated rings. The van der Waals surface area contributed by atoms with Crippen LogP contribution in [0.5, 0.6) is 0 Å². The Balaban J connectivity index is 1.80. The highest BCUT2D eigenvalue weighted by Crippen LogP contribution is 2.34. The minimum atomic E-state index is -1.24. The van der Waals surface area contributed by atoms with Gasteiger partial charge in [0.2, 0.25) is 5.91 Å². The van der Waals surface area contributed by atoms with Gasteiger partial charge >= 0.3 is 0 Å². The molecule has 0 spiro atoms. The average Bonchev–Trinajstić information content (AvgIpc) is 3.51. The van der Waals surface area contributed by atoms with Crippen LogP contribution in [0.1, 0.15) is 44.6 Å². The van der Waals surface area contributed by atoms with E-state index < -0.39 is 29.6 Å². The largest absolute Gasteiger partial charge is 0.395 e. The molecule has 1 saturated heterocycles. The second-order valence-corrected chi connectivity index (χ2v) is 9.34. The first kappa shape index (κ1) is 25.5. The van der Waals surface area contributed by atoms with Gasteiger partial charge in [0, 0.05) is 23.9 Å². The van der Waals surface area contributed by atoms with E-state index >= 15 is 0 Å². The van der Waals surface area contributed by atoms with Crippen LogP contribution in [-0.2, 0) is 9.53 Å². The first-order valence-corrected chi connectivity index (χ1v) is 12.2. The number of ether oxygens (including phenoxy) is 1. The van der Waals surface area contributed by atoms with E-state index in [2.05, 4.69) is 9.69 Å². The normalized spacial score (nSPS) is 15.9. The highest BCUT2D eigenvalue weighted by molar-refractivity contribution is 7.09. The Labute approximate surface area is 215 Å². The van der Waals surface area contributed by atoms with Crippen molar-refractivity contribution in [3.05, 3.63) is 75.5 Å². The highest BCUT2D eigenvalue weighted by atomic mass is 35.5. The molecule has 3 amide bonds. The molecule has 0 unspecified atom stereocenters. The summed E-state index contributed by atoms with van der Waals surface area (Å²) in [5, 5.41) is 3.27. The minimum Gasteiger partial charge on any atom is -0.395 e. The molecule has 36 heavy (non-hydrogen) atoms. The van der Waals surface area contributed by atoms with E-state index in [1.165, 1.54) is 18.2 Å². The lowest BCUT2D eigenvalue weighted by molar-refractivity contribution is -0.123. The molecule has 1 aromatic heterocycles. The lowest BCUT2D eigenvalue weighted by Crippen LogP contribution is -2.45. The number of nitrogens with zero attached hydrogens (tertiary/aromatic N) is 2. The van der Waals surface area contributed by atoms with Crippen LogP contribution < -0.4 is 21.7 Å². The number of halogens is 2. The number of hydrogen-bond donors (Lipinski definition) is 3. The first-order valence-electron chi connectivity index (χ1n) is 11.0. The number of benzene rings is 2. The maximum absolute atomic E-state index is 14.3. The zero-order chi connectivity index (χ0) is 25.8. The van der Waals surface area contributed by atoms with Gasteiger partial charge in [-0.15, -0.1) is 0 Å². The van der Waals surface area contributed by atoms with Gasteiger partial charge in [0.15, 0.2) is 5.69 Å². The van der Waals surface area contributed by atoms with E-state index in [-0.39, 0.29) is 34.6 Å². The lowest BCUT2D eigenvalue weighted by Gasteiger charge is -2.31. The number of nitrogen functional groups attached to an aromatic ring is 1. The van der Waals surface area contributed by atoms with Crippen molar-refractivity contribution in [2.45, 2.75) is 25.0 Å². The van der Waals surface area contributed by atoms with Gasteiger partial charge in [-0.2, -0.15) is 4.37 Å². The van der Waals surface area contributed by atoms with Crippen molar-refractivity contribution in [1.82, 2.24) is 9.69 Å². The number of anilines is 2. The fraction of sp³-hybridized carbons (Fsp3) is 0.250. The van der Waals surface area contributed by atoms with Crippen molar-refractivity contribution in [3.63, 3.8) is 0 Å². The Morgan fingerprint density at radius 3 is 2.61 bits per heavy atom. The Hall–Kier alpha value is -3.54. The molecule has 0 bridgehead atoms. The number of hydrogen-bond acceptors (Lipinski definition) is 7. The van der Waals surface area contributed by atoms with Gasteiger partial charge in [0.1, 0.15) is 16.7 Å². The van der Waals surface area contributed by atoms with Crippen LogP contribution in [-0.4, -0.2) is 41.4 Å². The second kappa shape index (κ2) is 11.0. The number of amides is 3. The van der Waals surface area contributed by atoms with Crippen LogP contribution in [0.2, 0.25) is 5.02 Å².